The first-order valence-electron chi connectivity index (χ1n) is 9.71. The van der Waals surface area contributed by atoms with Crippen LogP contribution >= 0.6 is 0 Å². The molecule has 0 aromatic rings. The lowest BCUT2D eigenvalue weighted by molar-refractivity contribution is -0.119. The highest BCUT2D eigenvalue weighted by Gasteiger charge is 2.50. The van der Waals surface area contributed by atoms with E-state index in [1.807, 2.05) is 0 Å². The largest absolute Gasteiger partial charge is 0.300 e. The number of ketones is 1. The summed E-state index contributed by atoms with van der Waals surface area (Å²) in [6.07, 6.45) is 18.3. The van der Waals surface area contributed by atoms with Crippen molar-refractivity contribution in [1.82, 2.24) is 0 Å². The first-order valence-corrected chi connectivity index (χ1v) is 9.71. The fourth-order valence-electron chi connectivity index (χ4n) is 6.13. The summed E-state index contributed by atoms with van der Waals surface area (Å²) >= 11 is 0. The van der Waals surface area contributed by atoms with Gasteiger partial charge in [0.25, 0.3) is 0 Å². The van der Waals surface area contributed by atoms with E-state index < -0.39 is 0 Å². The van der Waals surface area contributed by atoms with Gasteiger partial charge in [-0.05, 0) is 81.0 Å². The van der Waals surface area contributed by atoms with E-state index in [2.05, 4.69) is 6.92 Å². The van der Waals surface area contributed by atoms with Crippen molar-refractivity contribution in [2.45, 2.75) is 96.8 Å². The predicted octanol–water partition coefficient (Wildman–Crippen LogP) is 5.91. The highest BCUT2D eigenvalue weighted by atomic mass is 16.1. The molecule has 1 heteroatoms. The Balaban J connectivity index is 1.36. The molecule has 120 valence electrons. The molecule has 0 aromatic heterocycles. The van der Waals surface area contributed by atoms with Gasteiger partial charge in [-0.3, -0.25) is 4.79 Å². The quantitative estimate of drug-likeness (QED) is 0.482. The Hall–Kier alpha value is -0.330. The minimum atomic E-state index is 0.538. The van der Waals surface area contributed by atoms with Gasteiger partial charge in [-0.25, -0.2) is 0 Å². The molecular formula is C20H34O. The predicted molar refractivity (Wildman–Crippen MR) is 88.2 cm³/mol. The maximum Gasteiger partial charge on any atom is 0.132 e. The van der Waals surface area contributed by atoms with E-state index in [9.17, 15) is 4.79 Å². The number of unbranched alkanes of at least 4 members (excludes halogenated alkanes) is 3. The molecule has 0 heterocycles. The second-order valence-corrected chi connectivity index (χ2v) is 8.62. The zero-order valence-electron chi connectivity index (χ0n) is 14.0. The number of carbonyl (C=O) groups excluding carboxylic acids is 1. The average Bonchev–Trinajstić information content (AvgIpc) is 2.42. The number of Topliss-reactive ketones (excluding diaryl/α,β-unsaturated/α-hetero) is 1. The molecule has 0 aliphatic heterocycles. The topological polar surface area (TPSA) is 17.1 Å². The lowest BCUT2D eigenvalue weighted by atomic mass is 9.48. The molecule has 0 unspecified atom stereocenters. The second kappa shape index (κ2) is 6.84. The van der Waals surface area contributed by atoms with E-state index in [1.165, 1.54) is 70.6 Å². The zero-order valence-corrected chi connectivity index (χ0v) is 14.0. The second-order valence-electron chi connectivity index (χ2n) is 8.62. The number of hydrogen-bond acceptors (Lipinski definition) is 1. The van der Waals surface area contributed by atoms with Crippen LogP contribution in [0.2, 0.25) is 0 Å². The van der Waals surface area contributed by atoms with Gasteiger partial charge in [-0.15, -0.1) is 0 Å². The van der Waals surface area contributed by atoms with E-state index in [0.29, 0.717) is 11.2 Å². The molecule has 0 amide bonds. The highest BCUT2D eigenvalue weighted by Crippen LogP contribution is 2.61. The van der Waals surface area contributed by atoms with Gasteiger partial charge >= 0.3 is 0 Å². The van der Waals surface area contributed by atoms with Gasteiger partial charge in [0, 0.05) is 12.8 Å². The Morgan fingerprint density at radius 3 is 2.00 bits per heavy atom. The van der Waals surface area contributed by atoms with Gasteiger partial charge in [0.15, 0.2) is 0 Å². The van der Waals surface area contributed by atoms with E-state index in [4.69, 9.17) is 0 Å². The third kappa shape index (κ3) is 3.90. The van der Waals surface area contributed by atoms with Gasteiger partial charge in [0.05, 0.1) is 0 Å². The normalized spacial score (nSPS) is 37.1. The Kier molecular flexibility index (Phi) is 5.07. The number of rotatable bonds is 9. The molecule has 4 fully saturated rings. The van der Waals surface area contributed by atoms with Crippen LogP contribution in [0.1, 0.15) is 96.8 Å². The van der Waals surface area contributed by atoms with Crippen LogP contribution in [0.25, 0.3) is 0 Å². The van der Waals surface area contributed by atoms with Crippen LogP contribution in [0.4, 0.5) is 0 Å². The minimum absolute atomic E-state index is 0.538. The van der Waals surface area contributed by atoms with Crippen LogP contribution in [0.5, 0.6) is 0 Å². The molecule has 21 heavy (non-hydrogen) atoms. The summed E-state index contributed by atoms with van der Waals surface area (Å²) in [4.78, 5) is 12.0. The molecule has 0 N–H and O–H groups in total. The number of hydrogen-bond donors (Lipinski definition) is 0. The Labute approximate surface area is 131 Å². The van der Waals surface area contributed by atoms with Crippen molar-refractivity contribution in [2.24, 2.45) is 23.2 Å². The van der Waals surface area contributed by atoms with Gasteiger partial charge in [0.1, 0.15) is 5.78 Å². The van der Waals surface area contributed by atoms with Gasteiger partial charge in [-0.2, -0.15) is 0 Å². The molecule has 1 nitrogen and oxygen atoms in total. The van der Waals surface area contributed by atoms with Gasteiger partial charge in [-0.1, -0.05) is 26.2 Å². The van der Waals surface area contributed by atoms with Crippen LogP contribution < -0.4 is 0 Å². The van der Waals surface area contributed by atoms with Crippen molar-refractivity contribution in [2.75, 3.05) is 0 Å². The van der Waals surface area contributed by atoms with Gasteiger partial charge < -0.3 is 0 Å². The first kappa shape index (κ1) is 15.6. The fourth-order valence-corrected chi connectivity index (χ4v) is 6.13. The van der Waals surface area contributed by atoms with Crippen LogP contribution in [0.15, 0.2) is 0 Å². The molecule has 4 aliphatic carbocycles. The van der Waals surface area contributed by atoms with Crippen molar-refractivity contribution in [1.29, 1.82) is 0 Å². The number of carbonyl (C=O) groups is 1. The summed E-state index contributed by atoms with van der Waals surface area (Å²) in [6, 6.07) is 0. The first-order chi connectivity index (χ1) is 10.2. The van der Waals surface area contributed by atoms with E-state index in [1.54, 1.807) is 0 Å². The Bertz CT molecular complexity index is 322. The lowest BCUT2D eigenvalue weighted by Gasteiger charge is -2.57. The lowest BCUT2D eigenvalue weighted by Crippen LogP contribution is -2.45. The SMILES string of the molecule is CCCCCCC(=O)CCCC12CC3CC(CC(C3)C1)C2. The van der Waals surface area contributed by atoms with Crippen molar-refractivity contribution in [3.05, 3.63) is 0 Å². The molecule has 4 bridgehead atoms. The molecule has 4 aliphatic rings. The van der Waals surface area contributed by atoms with E-state index >= 15 is 0 Å². The Morgan fingerprint density at radius 2 is 1.43 bits per heavy atom. The highest BCUT2D eigenvalue weighted by molar-refractivity contribution is 5.78. The minimum Gasteiger partial charge on any atom is -0.300 e. The maximum absolute atomic E-state index is 12.0. The van der Waals surface area contributed by atoms with Crippen molar-refractivity contribution in [3.8, 4) is 0 Å². The molecule has 0 saturated heterocycles. The monoisotopic (exact) mass is 290 g/mol. The standard InChI is InChI=1S/C20H34O/c1-2-3-4-5-7-19(21)8-6-9-20-13-16-10-17(14-20)12-18(11-16)15-20/h16-18H,2-15H2,1H3. The summed E-state index contributed by atoms with van der Waals surface area (Å²) in [7, 11) is 0. The van der Waals surface area contributed by atoms with Crippen molar-refractivity contribution < 1.29 is 4.79 Å². The van der Waals surface area contributed by atoms with Crippen molar-refractivity contribution >= 4 is 5.78 Å². The molecule has 4 rings (SSSR count). The summed E-state index contributed by atoms with van der Waals surface area (Å²) < 4.78 is 0. The zero-order chi connectivity index (χ0) is 14.7. The average molecular weight is 290 g/mol. The third-order valence-electron chi connectivity index (χ3n) is 6.64. The van der Waals surface area contributed by atoms with Crippen molar-refractivity contribution in [3.63, 3.8) is 0 Å². The summed E-state index contributed by atoms with van der Waals surface area (Å²) in [5, 5.41) is 0. The van der Waals surface area contributed by atoms with Crippen LogP contribution in [0.3, 0.4) is 0 Å². The fraction of sp³-hybridized carbons (Fsp3) is 0.950. The molecule has 4 saturated carbocycles. The smallest absolute Gasteiger partial charge is 0.132 e. The molecule has 0 radical (unpaired) electrons. The third-order valence-corrected chi connectivity index (χ3v) is 6.64. The van der Waals surface area contributed by atoms with Gasteiger partial charge in [0.2, 0.25) is 0 Å². The Morgan fingerprint density at radius 1 is 0.857 bits per heavy atom. The van der Waals surface area contributed by atoms with E-state index in [0.717, 1.165) is 37.0 Å². The molecule has 0 atom stereocenters. The maximum atomic E-state index is 12.0. The summed E-state index contributed by atoms with van der Waals surface area (Å²) in [5.41, 5.74) is 0.678. The molecule has 0 spiro atoms. The van der Waals surface area contributed by atoms with Crippen LogP contribution in [-0.2, 0) is 4.79 Å². The summed E-state index contributed by atoms with van der Waals surface area (Å²) in [5.74, 6) is 3.71. The van der Waals surface area contributed by atoms with E-state index in [-0.39, 0.29) is 0 Å². The molecular weight excluding hydrogens is 256 g/mol. The van der Waals surface area contributed by atoms with Crippen LogP contribution in [0, 0.1) is 23.2 Å². The van der Waals surface area contributed by atoms with Crippen LogP contribution in [-0.4, -0.2) is 5.78 Å². The molecule has 0 aromatic carbocycles. The summed E-state index contributed by atoms with van der Waals surface area (Å²) in [6.45, 7) is 2.23.